The fourth-order valence-corrected chi connectivity index (χ4v) is 1.39. The Morgan fingerprint density at radius 2 is 1.64 bits per heavy atom. The van der Waals surface area contributed by atoms with Gasteiger partial charge in [-0.05, 0) is 6.92 Å². The normalized spacial score (nSPS) is 11.5. The summed E-state index contributed by atoms with van der Waals surface area (Å²) in [4.78, 5) is 22.8. The van der Waals surface area contributed by atoms with Crippen LogP contribution in [0.1, 0.15) is 17.3 Å². The number of ether oxygens (including phenoxy) is 2. The van der Waals surface area contributed by atoms with Crippen molar-refractivity contribution in [2.75, 3.05) is 13.2 Å². The Bertz CT molecular complexity index is 570. The summed E-state index contributed by atoms with van der Waals surface area (Å²) in [6, 6.07) is 1.70. The molecule has 0 aliphatic rings. The number of phenolic OH excluding ortho intramolecular Hbond substituents is 3. The number of hydrogen-bond acceptors (Lipinski definition) is 8. The van der Waals surface area contributed by atoms with Crippen LogP contribution in [0, 0.1) is 0 Å². The van der Waals surface area contributed by atoms with Gasteiger partial charge in [-0.1, -0.05) is 6.58 Å². The summed E-state index contributed by atoms with van der Waals surface area (Å²) in [5.41, 5.74) is -0.396. The van der Waals surface area contributed by atoms with Crippen LogP contribution in [-0.4, -0.2) is 51.7 Å². The van der Waals surface area contributed by atoms with Crippen LogP contribution in [0.3, 0.4) is 0 Å². The number of hydrogen-bond donors (Lipinski definition) is 4. The third-order valence-corrected chi connectivity index (χ3v) is 2.45. The van der Waals surface area contributed by atoms with Gasteiger partial charge in [0.1, 0.15) is 42.1 Å². The van der Waals surface area contributed by atoms with E-state index in [1.807, 2.05) is 0 Å². The molecule has 1 aromatic rings. The number of benzene rings is 1. The summed E-state index contributed by atoms with van der Waals surface area (Å²) in [6.07, 6.45) is -1.28. The molecule has 0 spiro atoms. The zero-order valence-corrected chi connectivity index (χ0v) is 11.8. The first kappa shape index (κ1) is 17.3. The van der Waals surface area contributed by atoms with Crippen LogP contribution < -0.4 is 0 Å². The molecule has 0 bridgehead atoms. The fourth-order valence-electron chi connectivity index (χ4n) is 1.39. The maximum absolute atomic E-state index is 11.7. The van der Waals surface area contributed by atoms with Crippen molar-refractivity contribution < 1.29 is 39.5 Å². The third-order valence-electron chi connectivity index (χ3n) is 2.45. The number of phenols is 3. The van der Waals surface area contributed by atoms with Gasteiger partial charge >= 0.3 is 11.9 Å². The SMILES string of the molecule is C=C(C)C(=O)OCC(O)COC(=O)c1c(O)cc(O)cc1O. The minimum absolute atomic E-state index is 0.156. The summed E-state index contributed by atoms with van der Waals surface area (Å²) in [6.45, 7) is 3.86. The van der Waals surface area contributed by atoms with E-state index in [9.17, 15) is 24.9 Å². The number of carbonyl (C=O) groups excluding carboxylic acids is 2. The van der Waals surface area contributed by atoms with Crippen LogP contribution >= 0.6 is 0 Å². The van der Waals surface area contributed by atoms with E-state index in [1.54, 1.807) is 0 Å². The Morgan fingerprint density at radius 1 is 1.14 bits per heavy atom. The quantitative estimate of drug-likeness (QED) is 0.439. The average molecular weight is 312 g/mol. The lowest BCUT2D eigenvalue weighted by atomic mass is 10.1. The molecule has 0 fully saturated rings. The van der Waals surface area contributed by atoms with Crippen LogP contribution in [0.4, 0.5) is 0 Å². The van der Waals surface area contributed by atoms with E-state index < -0.39 is 54.1 Å². The maximum atomic E-state index is 11.7. The standard InChI is InChI=1S/C14H16O8/c1-7(2)13(19)21-5-9(16)6-22-14(20)12-10(17)3-8(15)4-11(12)18/h3-4,9,15-18H,1,5-6H2,2H3. The molecule has 0 saturated heterocycles. The lowest BCUT2D eigenvalue weighted by molar-refractivity contribution is -0.142. The van der Waals surface area contributed by atoms with Gasteiger partial charge in [-0.15, -0.1) is 0 Å². The van der Waals surface area contributed by atoms with Crippen molar-refractivity contribution in [2.24, 2.45) is 0 Å². The predicted octanol–water partition coefficient (Wildman–Crippen LogP) is 0.440. The molecule has 1 rings (SSSR count). The summed E-state index contributed by atoms with van der Waals surface area (Å²) < 4.78 is 9.33. The molecule has 8 nitrogen and oxygen atoms in total. The molecule has 120 valence electrons. The van der Waals surface area contributed by atoms with Gasteiger partial charge in [0.05, 0.1) is 0 Å². The molecular formula is C14H16O8. The molecule has 0 aliphatic heterocycles. The zero-order chi connectivity index (χ0) is 16.9. The van der Waals surface area contributed by atoms with Crippen molar-refractivity contribution in [3.63, 3.8) is 0 Å². The molecule has 1 unspecified atom stereocenters. The minimum Gasteiger partial charge on any atom is -0.508 e. The van der Waals surface area contributed by atoms with Crippen LogP contribution in [0.15, 0.2) is 24.3 Å². The van der Waals surface area contributed by atoms with E-state index in [4.69, 9.17) is 5.11 Å². The van der Waals surface area contributed by atoms with Crippen LogP contribution in [0.25, 0.3) is 0 Å². The second-order valence-electron chi connectivity index (χ2n) is 4.49. The molecule has 8 heteroatoms. The first-order valence-electron chi connectivity index (χ1n) is 6.15. The van der Waals surface area contributed by atoms with Crippen molar-refractivity contribution in [1.82, 2.24) is 0 Å². The molecule has 0 aromatic heterocycles. The molecule has 1 aromatic carbocycles. The molecule has 0 amide bonds. The summed E-state index contributed by atoms with van der Waals surface area (Å²) in [5.74, 6) is -3.59. The van der Waals surface area contributed by atoms with Gasteiger partial charge in [-0.2, -0.15) is 0 Å². The molecule has 4 N–H and O–H groups in total. The largest absolute Gasteiger partial charge is 0.508 e. The van der Waals surface area contributed by atoms with Gasteiger partial charge in [-0.3, -0.25) is 0 Å². The van der Waals surface area contributed by atoms with E-state index in [-0.39, 0.29) is 5.57 Å². The number of aliphatic hydroxyl groups is 1. The number of carbonyl (C=O) groups is 2. The van der Waals surface area contributed by atoms with E-state index >= 15 is 0 Å². The molecule has 22 heavy (non-hydrogen) atoms. The van der Waals surface area contributed by atoms with Gasteiger partial charge < -0.3 is 29.9 Å². The van der Waals surface area contributed by atoms with Gasteiger partial charge in [0.25, 0.3) is 0 Å². The summed E-state index contributed by atoms with van der Waals surface area (Å²) >= 11 is 0. The van der Waals surface area contributed by atoms with Gasteiger partial charge in [0, 0.05) is 17.7 Å². The Balaban J connectivity index is 2.56. The highest BCUT2D eigenvalue weighted by Crippen LogP contribution is 2.32. The van der Waals surface area contributed by atoms with Crippen molar-refractivity contribution in [3.05, 3.63) is 29.8 Å². The smallest absolute Gasteiger partial charge is 0.345 e. The van der Waals surface area contributed by atoms with Gasteiger partial charge in [0.2, 0.25) is 0 Å². The monoisotopic (exact) mass is 312 g/mol. The fraction of sp³-hybridized carbons (Fsp3) is 0.286. The van der Waals surface area contributed by atoms with Crippen molar-refractivity contribution >= 4 is 11.9 Å². The van der Waals surface area contributed by atoms with E-state index in [2.05, 4.69) is 16.1 Å². The van der Waals surface area contributed by atoms with E-state index in [0.717, 1.165) is 12.1 Å². The van der Waals surface area contributed by atoms with E-state index in [0.29, 0.717) is 0 Å². The average Bonchev–Trinajstić information content (AvgIpc) is 2.41. The highest BCUT2D eigenvalue weighted by atomic mass is 16.6. The number of aliphatic hydroxyl groups excluding tert-OH is 1. The van der Waals surface area contributed by atoms with Crippen molar-refractivity contribution in [3.8, 4) is 17.2 Å². The third kappa shape index (κ3) is 4.67. The molecule has 0 heterocycles. The van der Waals surface area contributed by atoms with Crippen LogP contribution in [0.2, 0.25) is 0 Å². The predicted molar refractivity (Wildman–Crippen MR) is 73.5 cm³/mol. The molecule has 1 atom stereocenters. The number of rotatable bonds is 6. The van der Waals surface area contributed by atoms with Crippen molar-refractivity contribution in [2.45, 2.75) is 13.0 Å². The highest BCUT2D eigenvalue weighted by Gasteiger charge is 2.20. The van der Waals surface area contributed by atoms with Crippen molar-refractivity contribution in [1.29, 1.82) is 0 Å². The Hall–Kier alpha value is -2.74. The maximum Gasteiger partial charge on any atom is 0.345 e. The lowest BCUT2D eigenvalue weighted by Gasteiger charge is -2.13. The second-order valence-corrected chi connectivity index (χ2v) is 4.49. The minimum atomic E-state index is -1.28. The first-order chi connectivity index (χ1) is 10.2. The Morgan fingerprint density at radius 3 is 2.14 bits per heavy atom. The molecule has 0 aliphatic carbocycles. The topological polar surface area (TPSA) is 134 Å². The Labute approximate surface area is 125 Å². The van der Waals surface area contributed by atoms with Crippen LogP contribution in [0.5, 0.6) is 17.2 Å². The summed E-state index contributed by atoms with van der Waals surface area (Å²) in [5, 5.41) is 37.6. The molecular weight excluding hydrogens is 296 g/mol. The highest BCUT2D eigenvalue weighted by molar-refractivity contribution is 5.95. The lowest BCUT2D eigenvalue weighted by Crippen LogP contribution is -2.25. The van der Waals surface area contributed by atoms with Crippen LogP contribution in [-0.2, 0) is 14.3 Å². The molecule has 0 radical (unpaired) electrons. The second kappa shape index (κ2) is 7.32. The zero-order valence-electron chi connectivity index (χ0n) is 11.8. The van der Waals surface area contributed by atoms with Gasteiger partial charge in [-0.25, -0.2) is 9.59 Å². The number of aromatic hydroxyl groups is 3. The number of esters is 2. The van der Waals surface area contributed by atoms with E-state index in [1.165, 1.54) is 6.92 Å². The summed E-state index contributed by atoms with van der Waals surface area (Å²) in [7, 11) is 0. The first-order valence-corrected chi connectivity index (χ1v) is 6.15. The van der Waals surface area contributed by atoms with Gasteiger partial charge in [0.15, 0.2) is 0 Å². The molecule has 0 saturated carbocycles. The Kier molecular flexibility index (Phi) is 5.76.